The van der Waals surface area contributed by atoms with Crippen molar-refractivity contribution in [3.8, 4) is 0 Å². The van der Waals surface area contributed by atoms with E-state index in [1.807, 2.05) is 25.2 Å². The molecule has 164 valence electrons. The fourth-order valence-electron chi connectivity index (χ4n) is 3.96. The van der Waals surface area contributed by atoms with Gasteiger partial charge in [-0.25, -0.2) is 14.2 Å². The first-order valence-corrected chi connectivity index (χ1v) is 10.4. The lowest BCUT2D eigenvalue weighted by Gasteiger charge is -2.20. The minimum absolute atomic E-state index is 0.0241. The number of likely N-dealkylation sites (tertiary alicyclic amines) is 1. The van der Waals surface area contributed by atoms with Crippen LogP contribution in [0.1, 0.15) is 17.0 Å². The lowest BCUT2D eigenvalue weighted by atomic mass is 9.94. The van der Waals surface area contributed by atoms with Crippen molar-refractivity contribution in [3.63, 3.8) is 0 Å². The fraction of sp³-hybridized carbons (Fsp3) is 0.208. The van der Waals surface area contributed by atoms with Crippen LogP contribution in [0, 0.1) is 11.2 Å². The van der Waals surface area contributed by atoms with E-state index in [0.29, 0.717) is 22.8 Å². The van der Waals surface area contributed by atoms with Crippen molar-refractivity contribution in [2.45, 2.75) is 12.0 Å². The van der Waals surface area contributed by atoms with Crippen LogP contribution >= 0.6 is 0 Å². The van der Waals surface area contributed by atoms with E-state index in [1.165, 1.54) is 30.1 Å². The van der Waals surface area contributed by atoms with Crippen LogP contribution in [0.2, 0.25) is 0 Å². The Morgan fingerprint density at radius 3 is 2.62 bits per heavy atom. The average molecular weight is 433 g/mol. The molecule has 1 saturated heterocycles. The molecule has 3 aromatic rings. The molecule has 8 heteroatoms. The van der Waals surface area contributed by atoms with E-state index < -0.39 is 0 Å². The van der Waals surface area contributed by atoms with Crippen molar-refractivity contribution in [2.75, 3.05) is 30.8 Å². The lowest BCUT2D eigenvalue weighted by Crippen LogP contribution is -2.42. The number of likely N-dealkylation sites (N-methyl/N-ethyl adjacent to an activating group) is 1. The molecular weight excluding hydrogens is 407 g/mol. The fourth-order valence-corrected chi connectivity index (χ4v) is 3.96. The smallest absolute Gasteiger partial charge is 0.320 e. The molecule has 0 saturated carbocycles. The Morgan fingerprint density at radius 2 is 1.91 bits per heavy atom. The summed E-state index contributed by atoms with van der Waals surface area (Å²) in [6.07, 6.45) is 2.71. The van der Waals surface area contributed by atoms with Gasteiger partial charge in [0, 0.05) is 36.5 Å². The number of carbonyl (C=O) groups is 1. The number of amides is 2. The predicted molar refractivity (Wildman–Crippen MR) is 124 cm³/mol. The first-order chi connectivity index (χ1) is 15.5. The molecule has 1 aliphatic rings. The van der Waals surface area contributed by atoms with E-state index in [-0.39, 0.29) is 23.8 Å². The van der Waals surface area contributed by atoms with E-state index in [0.717, 1.165) is 13.1 Å². The minimum atomic E-state index is -0.339. The Hall–Kier alpha value is -3.78. The van der Waals surface area contributed by atoms with E-state index in [1.54, 1.807) is 18.2 Å². The minimum Gasteiger partial charge on any atom is -0.354 e. The molecule has 0 spiro atoms. The molecule has 1 aromatic heterocycles. The molecule has 0 bridgehead atoms. The quantitative estimate of drug-likeness (QED) is 0.440. The molecule has 2 amide bonds. The molecule has 2 aromatic carbocycles. The number of hydrogen-bond acceptors (Lipinski definition) is 5. The number of rotatable bonds is 6. The van der Waals surface area contributed by atoms with Crippen LogP contribution in [-0.4, -0.2) is 48.3 Å². The van der Waals surface area contributed by atoms with Gasteiger partial charge in [0.15, 0.2) is 0 Å². The SMILES string of the molecule is CN1C[C@H](NC(=O)Nc2cc(C=N)c(Nc3ccc(F)cc3)cn2)[C@@H](c2ccccc2)C1. The van der Waals surface area contributed by atoms with Gasteiger partial charge in [0.05, 0.1) is 17.9 Å². The Labute approximate surface area is 186 Å². The second-order valence-electron chi connectivity index (χ2n) is 7.88. The average Bonchev–Trinajstić information content (AvgIpc) is 3.16. The summed E-state index contributed by atoms with van der Waals surface area (Å²) in [5, 5.41) is 16.6. The third-order valence-corrected chi connectivity index (χ3v) is 5.50. The Bertz CT molecular complexity index is 1090. The number of benzene rings is 2. The zero-order chi connectivity index (χ0) is 22.5. The number of hydrogen-bond donors (Lipinski definition) is 4. The number of pyridine rings is 1. The summed E-state index contributed by atoms with van der Waals surface area (Å²) in [5.41, 5.74) is 3.00. The van der Waals surface area contributed by atoms with Gasteiger partial charge in [-0.2, -0.15) is 0 Å². The van der Waals surface area contributed by atoms with E-state index in [4.69, 9.17) is 5.41 Å². The van der Waals surface area contributed by atoms with Crippen LogP contribution in [0.15, 0.2) is 66.9 Å². The molecule has 0 unspecified atom stereocenters. The summed E-state index contributed by atoms with van der Waals surface area (Å²) >= 11 is 0. The highest BCUT2D eigenvalue weighted by Gasteiger charge is 2.33. The maximum atomic E-state index is 13.1. The van der Waals surface area contributed by atoms with Crippen LogP contribution in [-0.2, 0) is 0 Å². The summed E-state index contributed by atoms with van der Waals surface area (Å²) in [7, 11) is 2.04. The summed E-state index contributed by atoms with van der Waals surface area (Å²) in [5.74, 6) is 0.224. The predicted octanol–water partition coefficient (Wildman–Crippen LogP) is 4.18. The number of halogens is 1. The zero-order valence-corrected chi connectivity index (χ0v) is 17.7. The summed E-state index contributed by atoms with van der Waals surface area (Å²) in [6, 6.07) is 17.3. The maximum absolute atomic E-state index is 13.1. The van der Waals surface area contributed by atoms with Crippen molar-refractivity contribution in [2.24, 2.45) is 0 Å². The summed E-state index contributed by atoms with van der Waals surface area (Å²) in [4.78, 5) is 19.2. The molecule has 7 nitrogen and oxygen atoms in total. The first kappa shape index (κ1) is 21.5. The van der Waals surface area contributed by atoms with Gasteiger partial charge < -0.3 is 20.9 Å². The molecule has 32 heavy (non-hydrogen) atoms. The number of urea groups is 1. The highest BCUT2D eigenvalue weighted by atomic mass is 19.1. The van der Waals surface area contributed by atoms with Gasteiger partial charge in [-0.15, -0.1) is 0 Å². The van der Waals surface area contributed by atoms with Gasteiger partial charge in [0.1, 0.15) is 11.6 Å². The molecule has 0 aliphatic carbocycles. The van der Waals surface area contributed by atoms with Crippen molar-refractivity contribution >= 4 is 29.4 Å². The largest absolute Gasteiger partial charge is 0.354 e. The third kappa shape index (κ3) is 5.09. The van der Waals surface area contributed by atoms with E-state index >= 15 is 0 Å². The first-order valence-electron chi connectivity index (χ1n) is 10.4. The van der Waals surface area contributed by atoms with Gasteiger partial charge in [-0.1, -0.05) is 30.3 Å². The second-order valence-corrected chi connectivity index (χ2v) is 7.88. The maximum Gasteiger partial charge on any atom is 0.320 e. The van der Waals surface area contributed by atoms with Gasteiger partial charge >= 0.3 is 6.03 Å². The van der Waals surface area contributed by atoms with Crippen LogP contribution in [0.5, 0.6) is 0 Å². The summed E-state index contributed by atoms with van der Waals surface area (Å²) < 4.78 is 13.1. The Morgan fingerprint density at radius 1 is 1.16 bits per heavy atom. The zero-order valence-electron chi connectivity index (χ0n) is 17.7. The number of aromatic nitrogens is 1. The number of nitrogens with one attached hydrogen (secondary N) is 4. The molecule has 1 aliphatic heterocycles. The highest BCUT2D eigenvalue weighted by molar-refractivity contribution is 5.92. The van der Waals surface area contributed by atoms with Crippen molar-refractivity contribution in [3.05, 3.63) is 83.8 Å². The molecule has 4 N–H and O–H groups in total. The van der Waals surface area contributed by atoms with Crippen molar-refractivity contribution in [1.29, 1.82) is 5.41 Å². The van der Waals surface area contributed by atoms with Crippen molar-refractivity contribution in [1.82, 2.24) is 15.2 Å². The highest BCUT2D eigenvalue weighted by Crippen LogP contribution is 2.27. The van der Waals surface area contributed by atoms with E-state index in [9.17, 15) is 9.18 Å². The molecule has 2 heterocycles. The normalized spacial score (nSPS) is 18.2. The van der Waals surface area contributed by atoms with Gasteiger partial charge in [-0.3, -0.25) is 5.32 Å². The van der Waals surface area contributed by atoms with Crippen molar-refractivity contribution < 1.29 is 9.18 Å². The molecule has 2 atom stereocenters. The molecule has 0 radical (unpaired) electrons. The van der Waals surface area contributed by atoms with Gasteiger partial charge in [0.25, 0.3) is 0 Å². The van der Waals surface area contributed by atoms with E-state index in [2.05, 4.69) is 38.0 Å². The monoisotopic (exact) mass is 432 g/mol. The Kier molecular flexibility index (Phi) is 6.42. The molecular formula is C24H25FN6O. The lowest BCUT2D eigenvalue weighted by molar-refractivity contribution is 0.247. The molecule has 4 rings (SSSR count). The second kappa shape index (κ2) is 9.57. The van der Waals surface area contributed by atoms with Gasteiger partial charge in [-0.05, 0) is 42.9 Å². The van der Waals surface area contributed by atoms with Crippen LogP contribution in [0.4, 0.5) is 26.4 Å². The van der Waals surface area contributed by atoms with Crippen LogP contribution < -0.4 is 16.0 Å². The Balaban J connectivity index is 1.42. The third-order valence-electron chi connectivity index (χ3n) is 5.50. The van der Waals surface area contributed by atoms with Crippen LogP contribution in [0.25, 0.3) is 0 Å². The summed E-state index contributed by atoms with van der Waals surface area (Å²) in [6.45, 7) is 1.63. The molecule has 1 fully saturated rings. The standard InChI is InChI=1S/C24H25FN6O/c1-31-14-20(16-5-3-2-4-6-16)22(15-31)29-24(32)30-23-11-17(12-26)21(13-27-23)28-19-9-7-18(25)8-10-19/h2-13,20,22,26,28H,14-15H2,1H3,(H2,27,29,30,32)/t20-,22+/m1/s1. The topological polar surface area (TPSA) is 93.1 Å². The number of nitrogens with zero attached hydrogens (tertiary/aromatic N) is 2. The number of anilines is 3. The van der Waals surface area contributed by atoms with Crippen LogP contribution in [0.3, 0.4) is 0 Å². The van der Waals surface area contributed by atoms with Gasteiger partial charge in [0.2, 0.25) is 0 Å². The number of carbonyl (C=O) groups excluding carboxylic acids is 1.